The molecular formula is C17H33NO4S. The molecule has 1 heterocycles. The summed E-state index contributed by atoms with van der Waals surface area (Å²) in [4.78, 5) is 10.9. The van der Waals surface area contributed by atoms with Gasteiger partial charge < -0.3 is 18.8 Å². The van der Waals surface area contributed by atoms with E-state index in [2.05, 4.69) is 11.6 Å². The maximum Gasteiger partial charge on any atom is 0.168 e. The van der Waals surface area contributed by atoms with Crippen LogP contribution in [0.2, 0.25) is 0 Å². The maximum atomic E-state index is 12.3. The van der Waals surface area contributed by atoms with Crippen molar-refractivity contribution in [3.63, 3.8) is 0 Å². The fourth-order valence-electron chi connectivity index (χ4n) is 2.62. The smallest absolute Gasteiger partial charge is 0.168 e. The highest BCUT2D eigenvalue weighted by molar-refractivity contribution is 7.90. The summed E-state index contributed by atoms with van der Waals surface area (Å²) in [6, 6.07) is -0.108. The Hall–Kier alpha value is -0.140. The zero-order valence-electron chi connectivity index (χ0n) is 15.1. The third-order valence-corrected chi connectivity index (χ3v) is 5.72. The molecule has 0 spiro atoms. The quantitative estimate of drug-likeness (QED) is 0.353. The number of hydrogen-bond donors (Lipinski definition) is 1. The van der Waals surface area contributed by atoms with Crippen molar-refractivity contribution in [2.75, 3.05) is 13.2 Å². The van der Waals surface area contributed by atoms with Gasteiger partial charge in [-0.25, -0.2) is 0 Å². The van der Waals surface area contributed by atoms with Crippen LogP contribution in [0.1, 0.15) is 72.6 Å². The number of rotatable bonds is 11. The van der Waals surface area contributed by atoms with Crippen molar-refractivity contribution < 1.29 is 18.8 Å². The number of unbranched alkanes of at least 4 members (excludes halogenated alkanes) is 2. The van der Waals surface area contributed by atoms with Crippen molar-refractivity contribution >= 4 is 17.6 Å². The number of hydrogen-bond acceptors (Lipinski definition) is 5. The Bertz CT molecular complexity index is 340. The molecule has 0 aromatic carbocycles. The normalized spacial score (nSPS) is 20.4. The lowest BCUT2D eigenvalue weighted by Crippen LogP contribution is -2.45. The van der Waals surface area contributed by atoms with Crippen molar-refractivity contribution in [1.82, 2.24) is 4.72 Å². The van der Waals surface area contributed by atoms with Gasteiger partial charge in [0.15, 0.2) is 5.79 Å². The first-order valence-corrected chi connectivity index (χ1v) is 9.87. The average molecular weight is 348 g/mol. The Labute approximate surface area is 144 Å². The largest absolute Gasteiger partial charge is 0.598 e. The molecule has 1 unspecified atom stereocenters. The summed E-state index contributed by atoms with van der Waals surface area (Å²) in [5.74, 6) is -0.513. The van der Waals surface area contributed by atoms with E-state index in [1.54, 1.807) is 0 Å². The SMILES string of the molecule is CCCCCC1(CC[C@@H](CC=O)N[S+]([O-])C(C)(C)C)OCCO1. The summed E-state index contributed by atoms with van der Waals surface area (Å²) in [7, 11) is 0. The fourth-order valence-corrected chi connectivity index (χ4v) is 3.49. The molecule has 5 nitrogen and oxygen atoms in total. The third kappa shape index (κ3) is 7.52. The van der Waals surface area contributed by atoms with E-state index in [1.807, 2.05) is 20.8 Å². The Kier molecular flexibility index (Phi) is 9.08. The lowest BCUT2D eigenvalue weighted by molar-refractivity contribution is -0.169. The molecule has 0 radical (unpaired) electrons. The highest BCUT2D eigenvalue weighted by Gasteiger charge is 2.37. The second-order valence-corrected chi connectivity index (χ2v) is 9.20. The van der Waals surface area contributed by atoms with Crippen LogP contribution < -0.4 is 4.72 Å². The van der Waals surface area contributed by atoms with Gasteiger partial charge in [0.1, 0.15) is 11.0 Å². The molecule has 1 rings (SSSR count). The van der Waals surface area contributed by atoms with Gasteiger partial charge in [0.25, 0.3) is 0 Å². The van der Waals surface area contributed by atoms with Crippen LogP contribution in [0.5, 0.6) is 0 Å². The Morgan fingerprint density at radius 1 is 1.26 bits per heavy atom. The molecular weight excluding hydrogens is 314 g/mol. The van der Waals surface area contributed by atoms with Gasteiger partial charge in [-0.1, -0.05) is 19.8 Å². The predicted molar refractivity (Wildman–Crippen MR) is 93.5 cm³/mol. The Balaban J connectivity index is 2.55. The molecule has 1 saturated heterocycles. The number of aldehydes is 1. The lowest BCUT2D eigenvalue weighted by atomic mass is 9.99. The van der Waals surface area contributed by atoms with Crippen LogP contribution in [0.3, 0.4) is 0 Å². The van der Waals surface area contributed by atoms with E-state index in [4.69, 9.17) is 9.47 Å². The van der Waals surface area contributed by atoms with Crippen molar-refractivity contribution in [1.29, 1.82) is 0 Å². The molecule has 0 amide bonds. The predicted octanol–water partition coefficient (Wildman–Crippen LogP) is 3.10. The van der Waals surface area contributed by atoms with Crippen LogP contribution in [0.25, 0.3) is 0 Å². The van der Waals surface area contributed by atoms with E-state index in [0.29, 0.717) is 26.1 Å². The first kappa shape index (κ1) is 20.9. The average Bonchev–Trinajstić information content (AvgIpc) is 2.93. The Morgan fingerprint density at radius 2 is 1.91 bits per heavy atom. The standard InChI is InChI=1S/C17H33NO4S/c1-5-6-7-10-17(21-13-14-22-17)11-8-15(9-12-19)18-23(20)16(2,3)4/h12,15,18H,5-11,13-14H2,1-4H3/t15-,23?/m0/s1. The maximum absolute atomic E-state index is 12.3. The van der Waals surface area contributed by atoms with Crippen LogP contribution in [0.4, 0.5) is 0 Å². The van der Waals surface area contributed by atoms with Gasteiger partial charge >= 0.3 is 0 Å². The highest BCUT2D eigenvalue weighted by atomic mass is 32.2. The molecule has 0 aliphatic carbocycles. The zero-order valence-corrected chi connectivity index (χ0v) is 15.9. The number of carbonyl (C=O) groups is 1. The zero-order chi connectivity index (χ0) is 17.3. The van der Waals surface area contributed by atoms with Gasteiger partial charge in [0.05, 0.1) is 19.3 Å². The van der Waals surface area contributed by atoms with Crippen molar-refractivity contribution in [3.8, 4) is 0 Å². The summed E-state index contributed by atoms with van der Waals surface area (Å²) in [6.07, 6.45) is 6.97. The monoisotopic (exact) mass is 347 g/mol. The van der Waals surface area contributed by atoms with Crippen LogP contribution >= 0.6 is 0 Å². The molecule has 1 fully saturated rings. The molecule has 1 aliphatic heterocycles. The van der Waals surface area contributed by atoms with Crippen LogP contribution in [0, 0.1) is 0 Å². The highest BCUT2D eigenvalue weighted by Crippen LogP contribution is 2.32. The van der Waals surface area contributed by atoms with Crippen LogP contribution in [-0.2, 0) is 25.6 Å². The molecule has 0 aromatic heterocycles. The van der Waals surface area contributed by atoms with E-state index < -0.39 is 17.1 Å². The van der Waals surface area contributed by atoms with Crippen LogP contribution in [-0.4, -0.2) is 40.6 Å². The molecule has 0 bridgehead atoms. The third-order valence-electron chi connectivity index (χ3n) is 4.06. The number of nitrogens with one attached hydrogen (secondary N) is 1. The van der Waals surface area contributed by atoms with E-state index in [9.17, 15) is 9.35 Å². The fraction of sp³-hybridized carbons (Fsp3) is 0.941. The molecule has 2 atom stereocenters. The topological polar surface area (TPSA) is 70.6 Å². The summed E-state index contributed by atoms with van der Waals surface area (Å²) < 4.78 is 26.8. The Morgan fingerprint density at radius 3 is 2.43 bits per heavy atom. The minimum Gasteiger partial charge on any atom is -0.598 e. The van der Waals surface area contributed by atoms with Gasteiger partial charge in [0, 0.05) is 30.6 Å². The summed E-state index contributed by atoms with van der Waals surface area (Å²) in [5, 5.41) is 0. The van der Waals surface area contributed by atoms with E-state index in [-0.39, 0.29) is 10.8 Å². The second-order valence-electron chi connectivity index (χ2n) is 7.20. The van der Waals surface area contributed by atoms with E-state index in [1.165, 1.54) is 6.42 Å². The molecule has 136 valence electrons. The second kappa shape index (κ2) is 9.99. The van der Waals surface area contributed by atoms with Crippen LogP contribution in [0.15, 0.2) is 0 Å². The van der Waals surface area contributed by atoms with Gasteiger partial charge in [-0.2, -0.15) is 0 Å². The number of ether oxygens (including phenoxy) is 2. The minimum absolute atomic E-state index is 0.108. The van der Waals surface area contributed by atoms with E-state index >= 15 is 0 Å². The van der Waals surface area contributed by atoms with Crippen molar-refractivity contribution in [3.05, 3.63) is 0 Å². The lowest BCUT2D eigenvalue weighted by Gasteiger charge is -2.31. The van der Waals surface area contributed by atoms with Gasteiger partial charge in [0.2, 0.25) is 0 Å². The molecule has 0 aromatic rings. The van der Waals surface area contributed by atoms with E-state index in [0.717, 1.165) is 32.0 Å². The van der Waals surface area contributed by atoms with Crippen molar-refractivity contribution in [2.24, 2.45) is 0 Å². The minimum atomic E-state index is -1.18. The van der Waals surface area contributed by atoms with Crippen molar-refractivity contribution in [2.45, 2.75) is 89.2 Å². The summed E-state index contributed by atoms with van der Waals surface area (Å²) >= 11 is -1.18. The van der Waals surface area contributed by atoms with Gasteiger partial charge in [-0.3, -0.25) is 0 Å². The molecule has 23 heavy (non-hydrogen) atoms. The first-order valence-electron chi connectivity index (χ1n) is 8.72. The van der Waals surface area contributed by atoms with Gasteiger partial charge in [-0.05, 0) is 33.6 Å². The summed E-state index contributed by atoms with van der Waals surface area (Å²) in [6.45, 7) is 9.20. The molecule has 0 saturated carbocycles. The summed E-state index contributed by atoms with van der Waals surface area (Å²) in [5.41, 5.74) is 0. The molecule has 1 aliphatic rings. The molecule has 1 N–H and O–H groups in total. The van der Waals surface area contributed by atoms with Gasteiger partial charge in [-0.15, -0.1) is 4.72 Å². The number of carbonyl (C=O) groups excluding carboxylic acids is 1. The first-order chi connectivity index (χ1) is 10.8. The molecule has 6 heteroatoms.